The molecular weight excluding hydrogens is 228 g/mol. The first-order valence-corrected chi connectivity index (χ1v) is 6.50. The molecule has 0 rings (SSSR count). The molecule has 0 aromatic rings. The fraction of sp³-hybridized carbons (Fsp3) is 1.00. The highest BCUT2D eigenvalue weighted by atomic mass is 35.7. The number of hydrogen-bond acceptors (Lipinski definition) is 4. The van der Waals surface area contributed by atoms with Crippen LogP contribution in [-0.2, 0) is 19.4 Å². The van der Waals surface area contributed by atoms with E-state index in [2.05, 4.69) is 0 Å². The van der Waals surface area contributed by atoms with Crippen molar-refractivity contribution in [3.63, 3.8) is 0 Å². The Hall–Kier alpha value is 0.110. The number of rotatable bonds is 3. The van der Waals surface area contributed by atoms with Crippen molar-refractivity contribution in [2.75, 3.05) is 21.1 Å². The van der Waals surface area contributed by atoms with Crippen LogP contribution in [0.2, 0.25) is 0 Å². The average molecular weight is 238 g/mol. The van der Waals surface area contributed by atoms with Crippen LogP contribution >= 0.6 is 10.7 Å². The third kappa shape index (κ3) is 3.68. The van der Waals surface area contributed by atoms with Gasteiger partial charge in [-0.3, -0.25) is 0 Å². The summed E-state index contributed by atoms with van der Waals surface area (Å²) in [5, 5.41) is 0. The first-order chi connectivity index (χ1) is 4.96. The summed E-state index contributed by atoms with van der Waals surface area (Å²) in [7, 11) is 0.350. The lowest BCUT2D eigenvalue weighted by Gasteiger charge is -2.21. The van der Waals surface area contributed by atoms with E-state index in [1.165, 1.54) is 25.3 Å². The normalized spacial score (nSPS) is 14.7. The molecule has 74 valence electrons. The minimum Gasteiger partial charge on any atom is -0.211 e. The Morgan fingerprint density at radius 3 is 1.50 bits per heavy atom. The highest BCUT2D eigenvalue weighted by Crippen LogP contribution is 2.04. The SMILES string of the molecule is C[N+](C)(C)S(=O)(=O)NS(=O)(=O)Cl. The molecule has 0 aliphatic carbocycles. The maximum absolute atomic E-state index is 11.1. The summed E-state index contributed by atoms with van der Waals surface area (Å²) < 4.78 is 43.6. The van der Waals surface area contributed by atoms with Crippen LogP contribution in [0.5, 0.6) is 0 Å². The third-order valence-electron chi connectivity index (χ3n) is 0.926. The molecule has 0 aliphatic rings. The summed E-state index contributed by atoms with van der Waals surface area (Å²) >= 11 is 0. The molecule has 9 heteroatoms. The summed E-state index contributed by atoms with van der Waals surface area (Å²) in [6.07, 6.45) is 0. The lowest BCUT2D eigenvalue weighted by atomic mass is 11.0. The van der Waals surface area contributed by atoms with E-state index in [4.69, 9.17) is 10.7 Å². The van der Waals surface area contributed by atoms with Gasteiger partial charge in [-0.25, -0.2) is 3.89 Å². The van der Waals surface area contributed by atoms with E-state index in [9.17, 15) is 16.8 Å². The Morgan fingerprint density at radius 1 is 1.08 bits per heavy atom. The fourth-order valence-electron chi connectivity index (χ4n) is 0.238. The second-order valence-electron chi connectivity index (χ2n) is 2.89. The van der Waals surface area contributed by atoms with Crippen LogP contribution in [-0.4, -0.2) is 41.9 Å². The number of hydrogen-bond donors (Lipinski definition) is 1. The molecule has 12 heavy (non-hydrogen) atoms. The zero-order valence-electron chi connectivity index (χ0n) is 6.77. The Kier molecular flexibility index (Phi) is 3.14. The Morgan fingerprint density at radius 2 is 1.42 bits per heavy atom. The minimum absolute atomic E-state index is 0.570. The van der Waals surface area contributed by atoms with Crippen molar-refractivity contribution in [1.82, 2.24) is 4.13 Å². The van der Waals surface area contributed by atoms with Crippen LogP contribution < -0.4 is 4.13 Å². The van der Waals surface area contributed by atoms with E-state index in [1.807, 2.05) is 0 Å². The Labute approximate surface area is 76.5 Å². The van der Waals surface area contributed by atoms with Crippen molar-refractivity contribution in [3.05, 3.63) is 0 Å². The van der Waals surface area contributed by atoms with Gasteiger partial charge in [0.25, 0.3) is 0 Å². The van der Waals surface area contributed by atoms with E-state index >= 15 is 0 Å². The monoisotopic (exact) mass is 237 g/mol. The van der Waals surface area contributed by atoms with Crippen LogP contribution in [0.3, 0.4) is 0 Å². The minimum atomic E-state index is -4.25. The van der Waals surface area contributed by atoms with Gasteiger partial charge in [-0.1, -0.05) is 0 Å². The first-order valence-electron chi connectivity index (χ1n) is 2.75. The van der Waals surface area contributed by atoms with Crippen LogP contribution in [0.25, 0.3) is 0 Å². The Bertz CT molecular complexity index is 350. The van der Waals surface area contributed by atoms with Gasteiger partial charge in [-0.2, -0.15) is 16.8 Å². The molecule has 0 unspecified atom stereocenters. The quantitative estimate of drug-likeness (QED) is 0.505. The summed E-state index contributed by atoms with van der Waals surface area (Å²) in [6, 6.07) is 0. The van der Waals surface area contributed by atoms with Gasteiger partial charge in [-0.15, -0.1) is 0 Å². The molecule has 0 atom stereocenters. The van der Waals surface area contributed by atoms with Gasteiger partial charge >= 0.3 is 19.4 Å². The molecule has 0 saturated heterocycles. The smallest absolute Gasteiger partial charge is 0.211 e. The number of quaternary nitrogens is 1. The maximum Gasteiger partial charge on any atom is 0.383 e. The number of halogens is 1. The lowest BCUT2D eigenvalue weighted by Crippen LogP contribution is -2.49. The Balaban J connectivity index is 4.96. The summed E-state index contributed by atoms with van der Waals surface area (Å²) in [5.74, 6) is 0. The number of nitrogens with zero attached hydrogens (tertiary/aromatic N) is 1. The topological polar surface area (TPSA) is 80.3 Å². The van der Waals surface area contributed by atoms with Crippen LogP contribution in [0, 0.1) is 0 Å². The van der Waals surface area contributed by atoms with E-state index in [-0.39, 0.29) is 0 Å². The fourth-order valence-corrected chi connectivity index (χ4v) is 2.85. The van der Waals surface area contributed by atoms with Crippen molar-refractivity contribution in [1.29, 1.82) is 0 Å². The predicted octanol–water partition coefficient (Wildman–Crippen LogP) is -0.989. The molecule has 0 aromatic heterocycles. The van der Waals surface area contributed by atoms with Crippen molar-refractivity contribution < 1.29 is 20.7 Å². The highest BCUT2D eigenvalue weighted by Gasteiger charge is 2.32. The molecule has 0 saturated carbocycles. The van der Waals surface area contributed by atoms with E-state index in [0.29, 0.717) is 0 Å². The van der Waals surface area contributed by atoms with Crippen LogP contribution in [0.4, 0.5) is 0 Å². The molecule has 0 radical (unpaired) electrons. The predicted molar refractivity (Wildman–Crippen MR) is 44.9 cm³/mol. The van der Waals surface area contributed by atoms with Gasteiger partial charge in [0.1, 0.15) is 0 Å². The van der Waals surface area contributed by atoms with Crippen molar-refractivity contribution in [2.45, 2.75) is 0 Å². The van der Waals surface area contributed by atoms with Crippen molar-refractivity contribution in [3.8, 4) is 0 Å². The van der Waals surface area contributed by atoms with E-state index in [0.717, 1.165) is 0 Å². The number of nitrogens with one attached hydrogen (secondary N) is 1. The second kappa shape index (κ2) is 3.11. The molecule has 0 spiro atoms. The van der Waals surface area contributed by atoms with Gasteiger partial charge in [0.05, 0.1) is 21.1 Å². The van der Waals surface area contributed by atoms with Crippen LogP contribution in [0.15, 0.2) is 0 Å². The third-order valence-corrected chi connectivity index (χ3v) is 4.57. The lowest BCUT2D eigenvalue weighted by molar-refractivity contribution is -0.739. The molecule has 0 aliphatic heterocycles. The van der Waals surface area contributed by atoms with Gasteiger partial charge in [-0.05, 0) is 4.13 Å². The summed E-state index contributed by atoms with van der Waals surface area (Å²) in [6.45, 7) is 0. The standard InChI is InChI=1S/C3H10ClN2O4S2/c1-6(2,3)12(9,10)5-11(4,7)8/h5H,1-3H3/q+1. The zero-order valence-corrected chi connectivity index (χ0v) is 9.16. The van der Waals surface area contributed by atoms with Gasteiger partial charge in [0, 0.05) is 10.7 Å². The average Bonchev–Trinajstić information content (AvgIpc) is 1.52. The first kappa shape index (κ1) is 12.1. The molecule has 1 N–H and O–H groups in total. The molecule has 0 heterocycles. The summed E-state index contributed by atoms with van der Waals surface area (Å²) in [5.41, 5.74) is 0. The van der Waals surface area contributed by atoms with Crippen molar-refractivity contribution >= 4 is 30.1 Å². The maximum atomic E-state index is 11.1. The second-order valence-corrected chi connectivity index (χ2v) is 7.69. The highest BCUT2D eigenvalue weighted by molar-refractivity contribution is 8.17. The van der Waals surface area contributed by atoms with Crippen LogP contribution in [0.1, 0.15) is 0 Å². The van der Waals surface area contributed by atoms with E-state index in [1.54, 1.807) is 0 Å². The zero-order chi connectivity index (χ0) is 10.2. The van der Waals surface area contributed by atoms with Crippen molar-refractivity contribution in [2.24, 2.45) is 0 Å². The molecule has 0 amide bonds. The largest absolute Gasteiger partial charge is 0.383 e. The molecule has 0 fully saturated rings. The van der Waals surface area contributed by atoms with Gasteiger partial charge in [0.2, 0.25) is 0 Å². The van der Waals surface area contributed by atoms with Gasteiger partial charge < -0.3 is 0 Å². The summed E-state index contributed by atoms with van der Waals surface area (Å²) in [4.78, 5) is 0. The molecule has 0 bridgehead atoms. The van der Waals surface area contributed by atoms with E-state index < -0.39 is 23.3 Å². The molecule has 0 aromatic carbocycles. The molecular formula is C3H10ClN2O4S2+. The molecule has 6 nitrogen and oxygen atoms in total. The van der Waals surface area contributed by atoms with Gasteiger partial charge in [0.15, 0.2) is 0 Å².